The molecule has 5 nitrogen and oxygen atoms in total. The Labute approximate surface area is 90.9 Å². The van der Waals surface area contributed by atoms with E-state index in [9.17, 15) is 4.79 Å². The van der Waals surface area contributed by atoms with Gasteiger partial charge in [0.05, 0.1) is 6.33 Å². The van der Waals surface area contributed by atoms with E-state index in [-0.39, 0.29) is 22.7 Å². The minimum atomic E-state index is -0.155. The molecule has 0 fully saturated rings. The third-order valence-corrected chi connectivity index (χ3v) is 2.26. The van der Waals surface area contributed by atoms with Crippen molar-refractivity contribution >= 4 is 28.5 Å². The van der Waals surface area contributed by atoms with Crippen molar-refractivity contribution in [1.82, 2.24) is 19.9 Å². The molecule has 0 aliphatic rings. The zero-order chi connectivity index (χ0) is 11.0. The highest BCUT2D eigenvalue weighted by Crippen LogP contribution is 2.17. The lowest BCUT2D eigenvalue weighted by Gasteiger charge is -2.02. The van der Waals surface area contributed by atoms with E-state index in [0.717, 1.165) is 0 Å². The Morgan fingerprint density at radius 1 is 1.47 bits per heavy atom. The number of nitrogens with one attached hydrogen (secondary N) is 1. The Kier molecular flexibility index (Phi) is 2.40. The largest absolute Gasteiger partial charge is 0.341 e. The van der Waals surface area contributed by atoms with Crippen LogP contribution >= 0.6 is 11.6 Å². The minimum absolute atomic E-state index is 0.120. The van der Waals surface area contributed by atoms with Crippen LogP contribution in [0.2, 0.25) is 5.15 Å². The van der Waals surface area contributed by atoms with Crippen molar-refractivity contribution in [2.75, 3.05) is 0 Å². The third kappa shape index (κ3) is 1.70. The van der Waals surface area contributed by atoms with Gasteiger partial charge in [0.2, 0.25) is 5.78 Å². The molecule has 6 heteroatoms. The van der Waals surface area contributed by atoms with Crippen LogP contribution in [0, 0.1) is 5.92 Å². The molecular formula is C9H9ClN4O. The van der Waals surface area contributed by atoms with Crippen molar-refractivity contribution in [1.29, 1.82) is 0 Å². The van der Waals surface area contributed by atoms with Gasteiger partial charge in [0.25, 0.3) is 0 Å². The first-order chi connectivity index (χ1) is 7.09. The molecule has 0 aliphatic heterocycles. The summed E-state index contributed by atoms with van der Waals surface area (Å²) in [5, 5.41) is 0.224. The highest BCUT2D eigenvalue weighted by atomic mass is 35.5. The van der Waals surface area contributed by atoms with Crippen LogP contribution in [0.25, 0.3) is 11.2 Å². The van der Waals surface area contributed by atoms with E-state index < -0.39 is 0 Å². The van der Waals surface area contributed by atoms with Crippen LogP contribution in [0.3, 0.4) is 0 Å². The van der Waals surface area contributed by atoms with Gasteiger partial charge in [-0.05, 0) is 0 Å². The van der Waals surface area contributed by atoms with Crippen LogP contribution < -0.4 is 0 Å². The van der Waals surface area contributed by atoms with E-state index in [2.05, 4.69) is 19.9 Å². The first kappa shape index (κ1) is 10.0. The van der Waals surface area contributed by atoms with Crippen molar-refractivity contribution in [3.63, 3.8) is 0 Å². The minimum Gasteiger partial charge on any atom is -0.341 e. The number of halogens is 1. The van der Waals surface area contributed by atoms with Crippen molar-refractivity contribution in [2.24, 2.45) is 5.92 Å². The number of rotatable bonds is 2. The molecule has 2 aromatic rings. The van der Waals surface area contributed by atoms with Crippen LogP contribution in [-0.2, 0) is 0 Å². The molecule has 0 atom stereocenters. The zero-order valence-corrected chi connectivity index (χ0v) is 9.04. The van der Waals surface area contributed by atoms with Gasteiger partial charge in [-0.1, -0.05) is 25.4 Å². The van der Waals surface area contributed by atoms with Gasteiger partial charge in [0.1, 0.15) is 5.52 Å². The van der Waals surface area contributed by atoms with E-state index in [1.807, 2.05) is 0 Å². The molecule has 0 bridgehead atoms. The molecule has 0 radical (unpaired) electrons. The second kappa shape index (κ2) is 3.58. The Hall–Kier alpha value is -1.49. The first-order valence-electron chi connectivity index (χ1n) is 4.50. The highest BCUT2D eigenvalue weighted by Gasteiger charge is 2.16. The molecule has 2 heterocycles. The summed E-state index contributed by atoms with van der Waals surface area (Å²) in [6, 6.07) is 0. The Balaban J connectivity index is 2.59. The van der Waals surface area contributed by atoms with Crippen LogP contribution in [0.15, 0.2) is 6.33 Å². The monoisotopic (exact) mass is 224 g/mol. The fraction of sp³-hybridized carbons (Fsp3) is 0.333. The second-order valence-electron chi connectivity index (χ2n) is 3.46. The quantitative estimate of drug-likeness (QED) is 0.624. The number of carbonyl (C=O) groups is 1. The third-order valence-electron chi connectivity index (χ3n) is 1.99. The lowest BCUT2D eigenvalue weighted by Crippen LogP contribution is -2.12. The number of hydrogen-bond donors (Lipinski definition) is 1. The molecule has 0 saturated carbocycles. The van der Waals surface area contributed by atoms with Crippen LogP contribution in [-0.4, -0.2) is 25.7 Å². The number of fused-ring (bicyclic) bond motifs is 1. The molecule has 0 spiro atoms. The number of Topliss-reactive ketones (excluding diaryl/α,β-unsaturated/α-hetero) is 1. The van der Waals surface area contributed by atoms with Gasteiger partial charge in [-0.25, -0.2) is 15.0 Å². The lowest BCUT2D eigenvalue weighted by molar-refractivity contribution is 0.0929. The van der Waals surface area contributed by atoms with Gasteiger partial charge in [-0.2, -0.15) is 0 Å². The first-order valence-corrected chi connectivity index (χ1v) is 4.88. The van der Waals surface area contributed by atoms with Gasteiger partial charge < -0.3 is 4.98 Å². The molecule has 0 unspecified atom stereocenters. The molecule has 1 N–H and O–H groups in total. The summed E-state index contributed by atoms with van der Waals surface area (Å²) < 4.78 is 0. The van der Waals surface area contributed by atoms with Gasteiger partial charge in [-0.15, -0.1) is 0 Å². The number of aromatic amines is 1. The number of carbonyl (C=O) groups excluding carboxylic acids is 1. The maximum atomic E-state index is 11.6. The van der Waals surface area contributed by atoms with Gasteiger partial charge >= 0.3 is 0 Å². The van der Waals surface area contributed by atoms with E-state index >= 15 is 0 Å². The summed E-state index contributed by atoms with van der Waals surface area (Å²) in [5.41, 5.74) is 0.968. The summed E-state index contributed by atoms with van der Waals surface area (Å²) >= 11 is 5.88. The average Bonchev–Trinajstić information content (AvgIpc) is 2.64. The summed E-state index contributed by atoms with van der Waals surface area (Å²) in [5.74, 6) is -0.172. The molecule has 2 aromatic heterocycles. The molecule has 0 saturated heterocycles. The van der Waals surface area contributed by atoms with Crippen LogP contribution in [0.5, 0.6) is 0 Å². The van der Waals surface area contributed by atoms with Crippen LogP contribution in [0.4, 0.5) is 0 Å². The lowest BCUT2D eigenvalue weighted by atomic mass is 10.1. The van der Waals surface area contributed by atoms with Crippen molar-refractivity contribution in [3.05, 3.63) is 17.3 Å². The fourth-order valence-corrected chi connectivity index (χ4v) is 1.39. The number of imidazole rings is 1. The smallest absolute Gasteiger partial charge is 0.202 e. The SMILES string of the molecule is CC(C)C(=O)c1nc(Cl)c2[nH]cnc2n1. The predicted molar refractivity (Wildman–Crippen MR) is 55.9 cm³/mol. The molecule has 15 heavy (non-hydrogen) atoms. The normalized spacial score (nSPS) is 11.2. The predicted octanol–water partition coefficient (Wildman–Crippen LogP) is 1.84. The second-order valence-corrected chi connectivity index (χ2v) is 3.82. The van der Waals surface area contributed by atoms with E-state index in [1.54, 1.807) is 13.8 Å². The summed E-state index contributed by atoms with van der Waals surface area (Å²) in [7, 11) is 0. The molecule has 2 rings (SSSR count). The average molecular weight is 225 g/mol. The maximum absolute atomic E-state index is 11.6. The Bertz CT molecular complexity index is 520. The standard InChI is InChI=1S/C9H9ClN4O/c1-4(2)6(15)9-13-7(10)5-8(14-9)12-3-11-5/h3-4H,1-2H3,(H,11,12,13,14). The van der Waals surface area contributed by atoms with E-state index in [1.165, 1.54) is 6.33 Å². The van der Waals surface area contributed by atoms with Crippen LogP contribution in [0.1, 0.15) is 24.5 Å². The van der Waals surface area contributed by atoms with E-state index in [0.29, 0.717) is 11.2 Å². The number of nitrogens with zero attached hydrogens (tertiary/aromatic N) is 3. The van der Waals surface area contributed by atoms with Crippen molar-refractivity contribution in [2.45, 2.75) is 13.8 Å². The fourth-order valence-electron chi connectivity index (χ4n) is 1.17. The van der Waals surface area contributed by atoms with Crippen molar-refractivity contribution in [3.8, 4) is 0 Å². The Morgan fingerprint density at radius 3 is 2.87 bits per heavy atom. The molecular weight excluding hydrogens is 216 g/mol. The maximum Gasteiger partial charge on any atom is 0.202 e. The summed E-state index contributed by atoms with van der Waals surface area (Å²) in [6.07, 6.45) is 1.47. The number of aromatic nitrogens is 4. The topological polar surface area (TPSA) is 71.5 Å². The molecule has 0 aromatic carbocycles. The van der Waals surface area contributed by atoms with Gasteiger partial charge in [-0.3, -0.25) is 4.79 Å². The van der Waals surface area contributed by atoms with Gasteiger partial charge in [0, 0.05) is 5.92 Å². The van der Waals surface area contributed by atoms with Gasteiger partial charge in [0.15, 0.2) is 16.6 Å². The molecule has 0 aliphatic carbocycles. The molecule has 0 amide bonds. The Morgan fingerprint density at radius 2 is 2.20 bits per heavy atom. The number of H-pyrrole nitrogens is 1. The van der Waals surface area contributed by atoms with Crippen molar-refractivity contribution < 1.29 is 4.79 Å². The summed E-state index contributed by atoms with van der Waals surface area (Å²) in [6.45, 7) is 3.57. The number of ketones is 1. The number of hydrogen-bond acceptors (Lipinski definition) is 4. The summed E-state index contributed by atoms with van der Waals surface area (Å²) in [4.78, 5) is 26.3. The highest BCUT2D eigenvalue weighted by molar-refractivity contribution is 6.33. The zero-order valence-electron chi connectivity index (χ0n) is 8.28. The molecule has 78 valence electrons. The van der Waals surface area contributed by atoms with E-state index in [4.69, 9.17) is 11.6 Å².